The van der Waals surface area contributed by atoms with Gasteiger partial charge in [-0.05, 0) is 35.5 Å². The van der Waals surface area contributed by atoms with Crippen LogP contribution in [0.3, 0.4) is 0 Å². The van der Waals surface area contributed by atoms with E-state index in [1.807, 2.05) is 6.07 Å². The number of nitrogens with zero attached hydrogens (tertiary/aromatic N) is 3. The fraction of sp³-hybridized carbons (Fsp3) is 0.267. The quantitative estimate of drug-likeness (QED) is 0.729. The number of hydrogen-bond donors (Lipinski definition) is 2. The van der Waals surface area contributed by atoms with E-state index in [4.69, 9.17) is 17.3 Å². The highest BCUT2D eigenvalue weighted by atomic mass is 35.5. The van der Waals surface area contributed by atoms with Gasteiger partial charge in [-0.1, -0.05) is 31.5 Å². The number of thiophene rings is 1. The number of fused-ring (bicyclic) bond motifs is 1. The summed E-state index contributed by atoms with van der Waals surface area (Å²) >= 11 is 7.62. The van der Waals surface area contributed by atoms with Crippen LogP contribution in [0.1, 0.15) is 30.7 Å². The minimum Gasteiger partial charge on any atom is -0.368 e. The van der Waals surface area contributed by atoms with Gasteiger partial charge in [-0.25, -0.2) is 0 Å². The van der Waals surface area contributed by atoms with Crippen molar-refractivity contribution in [3.8, 4) is 0 Å². The third kappa shape index (κ3) is 3.28. The monoisotopic (exact) mass is 333 g/mol. The van der Waals surface area contributed by atoms with Crippen LogP contribution in [0.25, 0.3) is 10.1 Å². The molecule has 2 heterocycles. The van der Waals surface area contributed by atoms with E-state index in [0.29, 0.717) is 5.95 Å². The molecule has 22 heavy (non-hydrogen) atoms. The third-order valence-electron chi connectivity index (χ3n) is 3.29. The first-order valence-corrected chi connectivity index (χ1v) is 8.27. The molecule has 0 aliphatic carbocycles. The van der Waals surface area contributed by atoms with Gasteiger partial charge in [0.1, 0.15) is 0 Å². The van der Waals surface area contributed by atoms with E-state index in [1.165, 1.54) is 15.0 Å². The van der Waals surface area contributed by atoms with E-state index >= 15 is 0 Å². The molecule has 3 aromatic rings. The molecule has 2 aromatic heterocycles. The summed E-state index contributed by atoms with van der Waals surface area (Å²) in [6, 6.07) is 10.7. The number of aromatic nitrogens is 3. The van der Waals surface area contributed by atoms with Gasteiger partial charge in [-0.3, -0.25) is 0 Å². The molecule has 0 bridgehead atoms. The number of hydrogen-bond acceptors (Lipinski definition) is 6. The average Bonchev–Trinajstić information content (AvgIpc) is 2.89. The maximum atomic E-state index is 5.84. The summed E-state index contributed by atoms with van der Waals surface area (Å²) in [5.41, 5.74) is 5.63. The molecule has 0 fully saturated rings. The standard InChI is InChI=1S/C15H16ClN5S/c1-2-5-10(18-15-20-13(16)19-14(17)21-15)12-8-9-6-3-4-7-11(9)22-12/h3-4,6-8,10H,2,5H2,1H3,(H3,17,18,19,20,21). The summed E-state index contributed by atoms with van der Waals surface area (Å²) < 4.78 is 1.27. The van der Waals surface area contributed by atoms with Crippen molar-refractivity contribution >= 4 is 44.9 Å². The van der Waals surface area contributed by atoms with Gasteiger partial charge in [-0.15, -0.1) is 11.3 Å². The van der Waals surface area contributed by atoms with E-state index in [0.717, 1.165) is 12.8 Å². The molecule has 0 aliphatic heterocycles. The molecule has 0 saturated carbocycles. The Labute approximate surface area is 137 Å². The highest BCUT2D eigenvalue weighted by Gasteiger charge is 2.16. The van der Waals surface area contributed by atoms with Gasteiger partial charge in [0.05, 0.1) is 6.04 Å². The van der Waals surface area contributed by atoms with Crippen molar-refractivity contribution in [3.05, 3.63) is 40.5 Å². The Morgan fingerprint density at radius 2 is 2.09 bits per heavy atom. The Morgan fingerprint density at radius 1 is 1.27 bits per heavy atom. The van der Waals surface area contributed by atoms with Crippen LogP contribution in [0.2, 0.25) is 5.28 Å². The summed E-state index contributed by atoms with van der Waals surface area (Å²) in [6.45, 7) is 2.15. The zero-order valence-corrected chi connectivity index (χ0v) is 13.7. The van der Waals surface area contributed by atoms with Crippen LogP contribution < -0.4 is 11.1 Å². The van der Waals surface area contributed by atoms with Crippen LogP contribution in [-0.2, 0) is 0 Å². The molecule has 0 spiro atoms. The zero-order chi connectivity index (χ0) is 15.5. The van der Waals surface area contributed by atoms with E-state index in [-0.39, 0.29) is 17.3 Å². The zero-order valence-electron chi connectivity index (χ0n) is 12.1. The lowest BCUT2D eigenvalue weighted by atomic mass is 10.1. The Hall–Kier alpha value is -1.92. The van der Waals surface area contributed by atoms with Gasteiger partial charge in [-0.2, -0.15) is 15.0 Å². The molecule has 7 heteroatoms. The van der Waals surface area contributed by atoms with E-state index in [1.54, 1.807) is 11.3 Å². The number of nitrogen functional groups attached to an aromatic ring is 1. The van der Waals surface area contributed by atoms with Crippen molar-refractivity contribution in [1.29, 1.82) is 0 Å². The molecule has 5 nitrogen and oxygen atoms in total. The highest BCUT2D eigenvalue weighted by molar-refractivity contribution is 7.19. The second-order valence-electron chi connectivity index (χ2n) is 4.96. The van der Waals surface area contributed by atoms with Crippen molar-refractivity contribution in [1.82, 2.24) is 15.0 Å². The number of benzene rings is 1. The van der Waals surface area contributed by atoms with Gasteiger partial charge >= 0.3 is 0 Å². The maximum absolute atomic E-state index is 5.84. The molecule has 0 saturated heterocycles. The van der Waals surface area contributed by atoms with Crippen molar-refractivity contribution in [2.75, 3.05) is 11.1 Å². The number of halogens is 1. The van der Waals surface area contributed by atoms with Crippen molar-refractivity contribution in [2.45, 2.75) is 25.8 Å². The van der Waals surface area contributed by atoms with Gasteiger partial charge in [0.25, 0.3) is 0 Å². The largest absolute Gasteiger partial charge is 0.368 e. The number of rotatable bonds is 5. The van der Waals surface area contributed by atoms with Crippen LogP contribution in [0, 0.1) is 0 Å². The predicted octanol–water partition coefficient (Wildman–Crippen LogP) is 4.28. The smallest absolute Gasteiger partial charge is 0.229 e. The molecule has 0 aliphatic rings. The maximum Gasteiger partial charge on any atom is 0.229 e. The van der Waals surface area contributed by atoms with Gasteiger partial charge < -0.3 is 11.1 Å². The Bertz CT molecular complexity index is 735. The molecule has 3 rings (SSSR count). The molecule has 114 valence electrons. The lowest BCUT2D eigenvalue weighted by molar-refractivity contribution is 0.680. The van der Waals surface area contributed by atoms with Gasteiger partial charge in [0, 0.05) is 9.58 Å². The Morgan fingerprint density at radius 3 is 2.82 bits per heavy atom. The predicted molar refractivity (Wildman–Crippen MR) is 92.3 cm³/mol. The molecule has 0 amide bonds. The van der Waals surface area contributed by atoms with Gasteiger partial charge in [0.15, 0.2) is 0 Å². The first-order valence-electron chi connectivity index (χ1n) is 7.07. The van der Waals surface area contributed by atoms with E-state index in [2.05, 4.69) is 51.5 Å². The molecule has 1 unspecified atom stereocenters. The fourth-order valence-electron chi connectivity index (χ4n) is 2.33. The first kappa shape index (κ1) is 15.0. The van der Waals surface area contributed by atoms with Crippen LogP contribution in [0.5, 0.6) is 0 Å². The molecule has 1 atom stereocenters. The summed E-state index contributed by atoms with van der Waals surface area (Å²) in [6.07, 6.45) is 2.01. The summed E-state index contributed by atoms with van der Waals surface area (Å²) in [4.78, 5) is 13.2. The Kier molecular flexibility index (Phi) is 4.40. The molecular formula is C15H16ClN5S. The summed E-state index contributed by atoms with van der Waals surface area (Å²) in [7, 11) is 0. The molecular weight excluding hydrogens is 318 g/mol. The summed E-state index contributed by atoms with van der Waals surface area (Å²) in [5.74, 6) is 0.530. The average molecular weight is 334 g/mol. The normalized spacial score (nSPS) is 12.5. The second kappa shape index (κ2) is 6.46. The number of anilines is 2. The molecule has 0 radical (unpaired) electrons. The molecule has 1 aromatic carbocycles. The van der Waals surface area contributed by atoms with Gasteiger partial charge in [0.2, 0.25) is 17.2 Å². The van der Waals surface area contributed by atoms with Crippen LogP contribution in [0.15, 0.2) is 30.3 Å². The highest BCUT2D eigenvalue weighted by Crippen LogP contribution is 2.33. The van der Waals surface area contributed by atoms with E-state index in [9.17, 15) is 0 Å². The summed E-state index contributed by atoms with van der Waals surface area (Å²) in [5, 5.41) is 4.67. The lowest BCUT2D eigenvalue weighted by Gasteiger charge is -2.16. The second-order valence-corrected chi connectivity index (χ2v) is 6.41. The Balaban J connectivity index is 1.91. The SMILES string of the molecule is CCCC(Nc1nc(N)nc(Cl)n1)c1cc2ccccc2s1. The van der Waals surface area contributed by atoms with Crippen LogP contribution in [0.4, 0.5) is 11.9 Å². The topological polar surface area (TPSA) is 76.7 Å². The number of nitrogens with one attached hydrogen (secondary N) is 1. The number of nitrogens with two attached hydrogens (primary N) is 1. The van der Waals surface area contributed by atoms with Crippen molar-refractivity contribution in [2.24, 2.45) is 0 Å². The fourth-order valence-corrected chi connectivity index (χ4v) is 3.65. The minimum absolute atomic E-state index is 0.0987. The lowest BCUT2D eigenvalue weighted by Crippen LogP contribution is -2.13. The van der Waals surface area contributed by atoms with Crippen molar-refractivity contribution < 1.29 is 0 Å². The van der Waals surface area contributed by atoms with Crippen molar-refractivity contribution in [3.63, 3.8) is 0 Å². The van der Waals surface area contributed by atoms with Crippen LogP contribution >= 0.6 is 22.9 Å². The minimum atomic E-state index is 0.0987. The third-order valence-corrected chi connectivity index (χ3v) is 4.69. The first-order chi connectivity index (χ1) is 10.7. The van der Waals surface area contributed by atoms with Crippen LogP contribution in [-0.4, -0.2) is 15.0 Å². The van der Waals surface area contributed by atoms with E-state index < -0.39 is 0 Å². The molecule has 3 N–H and O–H groups in total.